The highest BCUT2D eigenvalue weighted by molar-refractivity contribution is 5.97. The number of benzene rings is 1. The van der Waals surface area contributed by atoms with Gasteiger partial charge in [0.2, 0.25) is 11.8 Å². The van der Waals surface area contributed by atoms with Gasteiger partial charge in [-0.15, -0.1) is 0 Å². The van der Waals surface area contributed by atoms with Gasteiger partial charge in [-0.3, -0.25) is 9.59 Å². The third-order valence-corrected chi connectivity index (χ3v) is 10.1. The van der Waals surface area contributed by atoms with Crippen LogP contribution in [-0.4, -0.2) is 93.3 Å². The van der Waals surface area contributed by atoms with Gasteiger partial charge >= 0.3 is 12.2 Å². The number of rotatable bonds is 8. The Balaban J connectivity index is 1.28. The summed E-state index contributed by atoms with van der Waals surface area (Å²) in [4.78, 5) is 73.8. The van der Waals surface area contributed by atoms with Crippen LogP contribution in [0, 0.1) is 64.6 Å². The Bertz CT molecular complexity index is 2170. The van der Waals surface area contributed by atoms with Crippen LogP contribution in [0.25, 0.3) is 0 Å². The van der Waals surface area contributed by atoms with Crippen LogP contribution in [0.15, 0.2) is 35.6 Å². The Hall–Kier alpha value is -6.40. The van der Waals surface area contributed by atoms with Gasteiger partial charge in [0.1, 0.15) is 35.1 Å². The molecule has 0 saturated carbocycles. The van der Waals surface area contributed by atoms with E-state index in [4.69, 9.17) is 4.74 Å². The molecule has 5 rings (SSSR count). The van der Waals surface area contributed by atoms with E-state index in [0.717, 1.165) is 0 Å². The number of likely N-dealkylation sites (tertiary alicyclic amines) is 2. The number of carbonyl (C=O) groups is 4. The van der Waals surface area contributed by atoms with Crippen molar-refractivity contribution in [3.63, 3.8) is 0 Å². The summed E-state index contributed by atoms with van der Waals surface area (Å²) in [6, 6.07) is 6.05. The fourth-order valence-corrected chi connectivity index (χ4v) is 7.12. The Morgan fingerprint density at radius 2 is 1.42 bits per heavy atom. The molecule has 6 atom stereocenters. The van der Waals surface area contributed by atoms with Crippen LogP contribution in [-0.2, 0) is 19.1 Å². The minimum atomic E-state index is -0.758. The standard InChI is InChI=1S/C42H49N9O6/c1-24(2)33(21-46-41(54)56-7)39(52)50-22-26(5)15-34(50)37-45-20-32(48-37)14-12-29-11-9-28(17-30(29)18-43)10-13-31-19-44-38(47-31)35-16-27(6)23-51(35)40(53)36(25(3)4)49-42(55)57-8/h9,11,17,19-21,24-27,33-36H,15-16,22-23H2,1-8H3,(H,44,47)(H,45,48)(H,49,55). The highest BCUT2D eigenvalue weighted by Gasteiger charge is 2.41. The number of carbonyl (C=O) groups excluding carboxylic acids is 4. The summed E-state index contributed by atoms with van der Waals surface area (Å²) in [6.45, 7) is 12.8. The number of amides is 4. The van der Waals surface area contributed by atoms with Gasteiger partial charge in [-0.25, -0.2) is 19.6 Å². The number of aliphatic imine (C=N–C) groups is 1. The molecule has 3 N–H and O–H groups in total. The second kappa shape index (κ2) is 18.5. The number of H-pyrrole nitrogens is 2. The molecule has 2 aliphatic rings. The number of aromatic nitrogens is 4. The van der Waals surface area contributed by atoms with Gasteiger partial charge in [-0.1, -0.05) is 53.4 Å². The van der Waals surface area contributed by atoms with E-state index in [1.807, 2.05) is 27.7 Å². The van der Waals surface area contributed by atoms with Gasteiger partial charge in [-0.2, -0.15) is 10.3 Å². The van der Waals surface area contributed by atoms with E-state index >= 15 is 0 Å². The lowest BCUT2D eigenvalue weighted by atomic mass is 9.95. The normalized spacial score (nSPS) is 20.0. The molecule has 0 radical (unpaired) electrons. The van der Waals surface area contributed by atoms with Gasteiger partial charge in [0, 0.05) is 30.4 Å². The lowest BCUT2D eigenvalue weighted by molar-refractivity contribution is -0.136. The Morgan fingerprint density at radius 3 is 1.95 bits per heavy atom. The molecule has 2 fully saturated rings. The van der Waals surface area contributed by atoms with Crippen molar-refractivity contribution < 1.29 is 28.7 Å². The molecule has 2 aromatic heterocycles. The molecule has 3 aromatic rings. The summed E-state index contributed by atoms with van der Waals surface area (Å²) in [5.74, 6) is 12.8. The van der Waals surface area contributed by atoms with Crippen LogP contribution in [0.4, 0.5) is 9.59 Å². The van der Waals surface area contributed by atoms with Crippen molar-refractivity contribution in [2.75, 3.05) is 27.3 Å². The van der Waals surface area contributed by atoms with E-state index in [2.05, 4.69) is 78.6 Å². The molecule has 15 heteroatoms. The number of hydrogen-bond acceptors (Lipinski definition) is 9. The number of methoxy groups -OCH3 is 2. The van der Waals surface area contributed by atoms with Crippen LogP contribution >= 0.6 is 0 Å². The van der Waals surface area contributed by atoms with Gasteiger partial charge in [0.25, 0.3) is 0 Å². The molecular formula is C42H49N9O6. The van der Waals surface area contributed by atoms with E-state index in [1.165, 1.54) is 20.4 Å². The molecule has 2 saturated heterocycles. The highest BCUT2D eigenvalue weighted by atomic mass is 16.5. The number of imidazole rings is 2. The minimum Gasteiger partial charge on any atom is -0.453 e. The topological polar surface area (TPSA) is 199 Å². The average Bonchev–Trinajstić information content (AvgIpc) is 4.01. The van der Waals surface area contributed by atoms with Crippen molar-refractivity contribution in [3.8, 4) is 29.8 Å². The van der Waals surface area contributed by atoms with Gasteiger partial charge in [-0.05, 0) is 66.6 Å². The molecule has 0 spiro atoms. The molecule has 4 amide bonds. The quantitative estimate of drug-likeness (QED) is 0.206. The lowest BCUT2D eigenvalue weighted by Gasteiger charge is -2.30. The number of nitrogens with one attached hydrogen (secondary N) is 3. The number of hydrogen-bond donors (Lipinski definition) is 3. The molecule has 0 bridgehead atoms. The van der Waals surface area contributed by atoms with Crippen LogP contribution in [0.3, 0.4) is 0 Å². The number of nitrogens with zero attached hydrogens (tertiary/aromatic N) is 6. The molecule has 57 heavy (non-hydrogen) atoms. The van der Waals surface area contributed by atoms with E-state index in [1.54, 1.807) is 40.4 Å². The maximum absolute atomic E-state index is 13.7. The largest absolute Gasteiger partial charge is 0.453 e. The zero-order valence-corrected chi connectivity index (χ0v) is 33.5. The van der Waals surface area contributed by atoms with E-state index < -0.39 is 24.1 Å². The van der Waals surface area contributed by atoms with Crippen molar-refractivity contribution >= 4 is 30.2 Å². The van der Waals surface area contributed by atoms with Crippen LogP contribution < -0.4 is 5.32 Å². The van der Waals surface area contributed by atoms with Gasteiger partial charge in [0.05, 0.1) is 50.2 Å². The smallest absolute Gasteiger partial charge is 0.432 e. The monoisotopic (exact) mass is 775 g/mol. The molecular weight excluding hydrogens is 727 g/mol. The van der Waals surface area contributed by atoms with Gasteiger partial charge in [0.15, 0.2) is 0 Å². The van der Waals surface area contributed by atoms with Crippen molar-refractivity contribution in [1.82, 2.24) is 35.1 Å². The first-order valence-corrected chi connectivity index (χ1v) is 19.0. The third-order valence-electron chi connectivity index (χ3n) is 10.1. The fraction of sp³-hybridized carbons (Fsp3) is 0.476. The Labute approximate surface area is 333 Å². The predicted molar refractivity (Wildman–Crippen MR) is 210 cm³/mol. The van der Waals surface area contributed by atoms with Gasteiger partial charge < -0.3 is 34.6 Å². The number of nitriles is 1. The van der Waals surface area contributed by atoms with Crippen molar-refractivity contribution in [2.45, 2.75) is 72.5 Å². The second-order valence-electron chi connectivity index (χ2n) is 15.3. The summed E-state index contributed by atoms with van der Waals surface area (Å²) in [6.07, 6.45) is 4.59. The van der Waals surface area contributed by atoms with Crippen molar-refractivity contribution in [1.29, 1.82) is 5.26 Å². The predicted octanol–water partition coefficient (Wildman–Crippen LogP) is 5.11. The summed E-state index contributed by atoms with van der Waals surface area (Å²) in [7, 11) is 2.50. The molecule has 15 nitrogen and oxygen atoms in total. The lowest BCUT2D eigenvalue weighted by Crippen LogP contribution is -2.51. The van der Waals surface area contributed by atoms with E-state index in [0.29, 0.717) is 65.7 Å². The van der Waals surface area contributed by atoms with Crippen LogP contribution in [0.5, 0.6) is 0 Å². The summed E-state index contributed by atoms with van der Waals surface area (Å²) >= 11 is 0. The summed E-state index contributed by atoms with van der Waals surface area (Å²) in [5.41, 5.74) is 2.55. The SMILES string of the molecule is COC(=O)N=CC(C(=O)N1CC(C)CC1c1ncc(C#Cc2ccc(C#Cc3cnc(C4CC(C)CN4C(=O)C(NC(=O)OC)C(C)C)[nH]3)cc2C#N)[nH]1)C(C)C. The van der Waals surface area contributed by atoms with E-state index in [-0.39, 0.29) is 47.6 Å². The molecule has 298 valence electrons. The summed E-state index contributed by atoms with van der Waals surface area (Å²) < 4.78 is 9.35. The summed E-state index contributed by atoms with van der Waals surface area (Å²) in [5, 5.41) is 12.6. The average molecular weight is 776 g/mol. The maximum Gasteiger partial charge on any atom is 0.432 e. The van der Waals surface area contributed by atoms with E-state index in [9.17, 15) is 24.4 Å². The van der Waals surface area contributed by atoms with Crippen LogP contribution in [0.2, 0.25) is 0 Å². The number of alkyl carbamates (subject to hydrolysis) is 1. The maximum atomic E-state index is 13.7. The zero-order chi connectivity index (χ0) is 41.4. The first-order chi connectivity index (χ1) is 27.2. The fourth-order valence-electron chi connectivity index (χ4n) is 7.12. The molecule has 2 aliphatic heterocycles. The number of ether oxygens (including phenoxy) is 2. The minimum absolute atomic E-state index is 0.0935. The van der Waals surface area contributed by atoms with Crippen molar-refractivity contribution in [2.24, 2.45) is 34.6 Å². The first-order valence-electron chi connectivity index (χ1n) is 19.0. The second-order valence-corrected chi connectivity index (χ2v) is 15.3. The molecule has 4 heterocycles. The number of aromatic amines is 2. The highest BCUT2D eigenvalue weighted by Crippen LogP contribution is 2.36. The zero-order valence-electron chi connectivity index (χ0n) is 33.5. The molecule has 1 aromatic carbocycles. The Kier molecular flexibility index (Phi) is 13.5. The Morgan fingerprint density at radius 1 is 0.842 bits per heavy atom. The molecule has 6 unspecified atom stereocenters. The molecule has 0 aliphatic carbocycles. The van der Waals surface area contributed by atoms with Crippen molar-refractivity contribution in [3.05, 3.63) is 70.3 Å². The first kappa shape index (κ1) is 41.8. The van der Waals surface area contributed by atoms with Crippen LogP contribution in [0.1, 0.15) is 106 Å². The third kappa shape index (κ3) is 10.1.